The van der Waals surface area contributed by atoms with Gasteiger partial charge in [0.25, 0.3) is 0 Å². The number of halogens is 1. The van der Waals surface area contributed by atoms with Crippen LogP contribution in [0.3, 0.4) is 0 Å². The van der Waals surface area contributed by atoms with E-state index >= 15 is 0 Å². The highest BCUT2D eigenvalue weighted by Crippen LogP contribution is 2.21. The van der Waals surface area contributed by atoms with E-state index in [0.29, 0.717) is 12.5 Å². The number of nitrogens with zero attached hydrogens (tertiary/aromatic N) is 2. The van der Waals surface area contributed by atoms with Crippen molar-refractivity contribution in [1.82, 2.24) is 15.1 Å². The van der Waals surface area contributed by atoms with Gasteiger partial charge in [0.1, 0.15) is 0 Å². The van der Waals surface area contributed by atoms with Crippen LogP contribution in [0, 0.1) is 12.8 Å². The lowest BCUT2D eigenvalue weighted by Gasteiger charge is -2.22. The lowest BCUT2D eigenvalue weighted by atomic mass is 9.99. The first-order valence-corrected chi connectivity index (χ1v) is 7.10. The van der Waals surface area contributed by atoms with E-state index in [-0.39, 0.29) is 0 Å². The molecule has 0 aliphatic carbocycles. The first kappa shape index (κ1) is 13.8. The Morgan fingerprint density at radius 2 is 2.17 bits per heavy atom. The van der Waals surface area contributed by atoms with Crippen molar-refractivity contribution in [3.63, 3.8) is 0 Å². The molecule has 0 radical (unpaired) electrons. The number of aryl methyl sites for hydroxylation is 2. The third-order valence-corrected chi connectivity index (χ3v) is 4.00. The molecule has 5 heteroatoms. The summed E-state index contributed by atoms with van der Waals surface area (Å²) in [6.45, 7) is 8.45. The smallest absolute Gasteiger partial charge is 0.0900 e. The summed E-state index contributed by atoms with van der Waals surface area (Å²) in [5.74, 6) is 0.684. The number of aromatic nitrogens is 2. The summed E-state index contributed by atoms with van der Waals surface area (Å²) in [6, 6.07) is 0. The van der Waals surface area contributed by atoms with Crippen LogP contribution >= 0.6 is 11.6 Å². The topological polar surface area (TPSA) is 39.1 Å². The van der Waals surface area contributed by atoms with Crippen LogP contribution in [0.4, 0.5) is 0 Å². The van der Waals surface area contributed by atoms with E-state index < -0.39 is 0 Å². The van der Waals surface area contributed by atoms with Gasteiger partial charge in [0.2, 0.25) is 0 Å². The molecule has 1 fully saturated rings. The predicted octanol–water partition coefficient (Wildman–Crippen LogP) is 2.38. The number of rotatable bonds is 5. The maximum absolute atomic E-state index is 6.24. The Kier molecular flexibility index (Phi) is 5.03. The molecule has 4 nitrogen and oxygen atoms in total. The van der Waals surface area contributed by atoms with Crippen molar-refractivity contribution >= 4 is 11.6 Å². The van der Waals surface area contributed by atoms with E-state index in [2.05, 4.69) is 17.3 Å². The zero-order valence-corrected chi connectivity index (χ0v) is 12.0. The van der Waals surface area contributed by atoms with Crippen LogP contribution in [-0.4, -0.2) is 29.5 Å². The second-order valence-electron chi connectivity index (χ2n) is 4.87. The molecule has 0 atom stereocenters. The maximum atomic E-state index is 6.24. The van der Waals surface area contributed by atoms with Gasteiger partial charge in [-0.15, -0.1) is 0 Å². The molecule has 1 aliphatic rings. The predicted molar refractivity (Wildman–Crippen MR) is 72.9 cm³/mol. The SMILES string of the molecule is CCn1nc(C)c(Cl)c1COCC1CCNCC1. The Balaban J connectivity index is 1.85. The third kappa shape index (κ3) is 3.25. The minimum atomic E-state index is 0.567. The van der Waals surface area contributed by atoms with Gasteiger partial charge in [0, 0.05) is 6.54 Å². The van der Waals surface area contributed by atoms with Crippen molar-refractivity contribution in [3.05, 3.63) is 16.4 Å². The number of piperidine rings is 1. The molecule has 0 aromatic carbocycles. The quantitative estimate of drug-likeness (QED) is 0.894. The lowest BCUT2D eigenvalue weighted by Crippen LogP contribution is -2.30. The first-order valence-electron chi connectivity index (χ1n) is 6.72. The van der Waals surface area contributed by atoms with Crippen molar-refractivity contribution in [2.75, 3.05) is 19.7 Å². The van der Waals surface area contributed by atoms with Crippen LogP contribution in [-0.2, 0) is 17.9 Å². The Labute approximate surface area is 114 Å². The number of hydrogen-bond acceptors (Lipinski definition) is 3. The second kappa shape index (κ2) is 6.55. The van der Waals surface area contributed by atoms with Crippen molar-refractivity contribution < 1.29 is 4.74 Å². The van der Waals surface area contributed by atoms with Crippen molar-refractivity contribution in [2.24, 2.45) is 5.92 Å². The molecule has 1 aromatic rings. The molecule has 2 rings (SSSR count). The maximum Gasteiger partial charge on any atom is 0.0900 e. The zero-order chi connectivity index (χ0) is 13.0. The highest BCUT2D eigenvalue weighted by atomic mass is 35.5. The minimum Gasteiger partial charge on any atom is -0.375 e. The minimum absolute atomic E-state index is 0.567. The molecular formula is C13H22ClN3O. The van der Waals surface area contributed by atoms with Gasteiger partial charge in [-0.2, -0.15) is 5.10 Å². The van der Waals surface area contributed by atoms with E-state index in [1.165, 1.54) is 12.8 Å². The van der Waals surface area contributed by atoms with E-state index in [9.17, 15) is 0 Å². The summed E-state index contributed by atoms with van der Waals surface area (Å²) in [5.41, 5.74) is 1.89. The number of hydrogen-bond donors (Lipinski definition) is 1. The molecule has 102 valence electrons. The van der Waals surface area contributed by atoms with Crippen LogP contribution < -0.4 is 5.32 Å². The molecule has 18 heavy (non-hydrogen) atoms. The summed E-state index contributed by atoms with van der Waals surface area (Å²) in [7, 11) is 0. The molecule has 0 unspecified atom stereocenters. The molecule has 1 N–H and O–H groups in total. The Morgan fingerprint density at radius 1 is 1.44 bits per heavy atom. The van der Waals surface area contributed by atoms with Crippen LogP contribution in [0.25, 0.3) is 0 Å². The van der Waals surface area contributed by atoms with Crippen molar-refractivity contribution in [1.29, 1.82) is 0 Å². The Morgan fingerprint density at radius 3 is 2.83 bits per heavy atom. The summed E-state index contributed by atoms with van der Waals surface area (Å²) < 4.78 is 7.75. The van der Waals surface area contributed by atoms with E-state index in [4.69, 9.17) is 16.3 Å². The Bertz CT molecular complexity index is 386. The fraction of sp³-hybridized carbons (Fsp3) is 0.769. The van der Waals surface area contributed by atoms with Crippen molar-refractivity contribution in [3.8, 4) is 0 Å². The van der Waals surface area contributed by atoms with Crippen LogP contribution in [0.5, 0.6) is 0 Å². The fourth-order valence-corrected chi connectivity index (χ4v) is 2.57. The average molecular weight is 272 g/mol. The summed E-state index contributed by atoms with van der Waals surface area (Å²) in [5, 5.41) is 8.50. The number of ether oxygens (including phenoxy) is 1. The summed E-state index contributed by atoms with van der Waals surface area (Å²) >= 11 is 6.24. The molecule has 0 spiro atoms. The lowest BCUT2D eigenvalue weighted by molar-refractivity contribution is 0.0722. The molecule has 1 saturated heterocycles. The first-order chi connectivity index (χ1) is 8.72. The Hall–Kier alpha value is -0.580. The second-order valence-corrected chi connectivity index (χ2v) is 5.25. The van der Waals surface area contributed by atoms with Gasteiger partial charge >= 0.3 is 0 Å². The van der Waals surface area contributed by atoms with Gasteiger partial charge in [0.15, 0.2) is 0 Å². The third-order valence-electron chi connectivity index (χ3n) is 3.50. The van der Waals surface area contributed by atoms with Crippen LogP contribution in [0.15, 0.2) is 0 Å². The number of nitrogens with one attached hydrogen (secondary N) is 1. The van der Waals surface area contributed by atoms with E-state index in [1.807, 2.05) is 11.6 Å². The monoisotopic (exact) mass is 271 g/mol. The van der Waals surface area contributed by atoms with Gasteiger partial charge in [-0.1, -0.05) is 11.6 Å². The normalized spacial score (nSPS) is 17.3. The van der Waals surface area contributed by atoms with E-state index in [1.54, 1.807) is 0 Å². The molecule has 2 heterocycles. The fourth-order valence-electron chi connectivity index (χ4n) is 2.38. The standard InChI is InChI=1S/C13H22ClN3O/c1-3-17-12(13(14)10(2)16-17)9-18-8-11-4-6-15-7-5-11/h11,15H,3-9H2,1-2H3. The highest BCUT2D eigenvalue weighted by Gasteiger charge is 2.15. The molecule has 0 amide bonds. The van der Waals surface area contributed by atoms with Gasteiger partial charge < -0.3 is 10.1 Å². The van der Waals surface area contributed by atoms with Crippen molar-refractivity contribution in [2.45, 2.75) is 39.8 Å². The summed E-state index contributed by atoms with van der Waals surface area (Å²) in [4.78, 5) is 0. The largest absolute Gasteiger partial charge is 0.375 e. The zero-order valence-electron chi connectivity index (χ0n) is 11.2. The molecule has 0 bridgehead atoms. The van der Waals surface area contributed by atoms with Crippen LogP contribution in [0.2, 0.25) is 5.02 Å². The van der Waals surface area contributed by atoms with E-state index in [0.717, 1.165) is 42.7 Å². The molecule has 0 saturated carbocycles. The van der Waals surface area contributed by atoms with Crippen LogP contribution in [0.1, 0.15) is 31.2 Å². The van der Waals surface area contributed by atoms with Gasteiger partial charge in [-0.3, -0.25) is 4.68 Å². The van der Waals surface area contributed by atoms with Gasteiger partial charge in [-0.05, 0) is 45.7 Å². The molecular weight excluding hydrogens is 250 g/mol. The molecule has 1 aromatic heterocycles. The summed E-state index contributed by atoms with van der Waals surface area (Å²) in [6.07, 6.45) is 2.42. The average Bonchev–Trinajstić information content (AvgIpc) is 2.67. The van der Waals surface area contributed by atoms with Gasteiger partial charge in [0.05, 0.1) is 29.6 Å². The van der Waals surface area contributed by atoms with Gasteiger partial charge in [-0.25, -0.2) is 0 Å². The molecule has 1 aliphatic heterocycles. The highest BCUT2D eigenvalue weighted by molar-refractivity contribution is 6.31.